The van der Waals surface area contributed by atoms with Gasteiger partial charge in [-0.3, -0.25) is 4.55 Å². The lowest BCUT2D eigenvalue weighted by Gasteiger charge is -1.88. The minimum absolute atomic E-state index is 0.310. The SMILES string of the molecule is N#Cc1ccccc1[N+]#N.O=S(=O)([O-])O. The van der Waals surface area contributed by atoms with Gasteiger partial charge in [-0.1, -0.05) is 12.1 Å². The summed E-state index contributed by atoms with van der Waals surface area (Å²) in [4.78, 5) is 2.92. The van der Waals surface area contributed by atoms with Gasteiger partial charge < -0.3 is 4.55 Å². The topological polar surface area (TPSA) is 129 Å². The van der Waals surface area contributed by atoms with Crippen LogP contribution in [-0.4, -0.2) is 17.5 Å². The highest BCUT2D eigenvalue weighted by Gasteiger charge is 2.09. The Bertz CT molecular complexity index is 471. The zero-order valence-corrected chi connectivity index (χ0v) is 8.05. The standard InChI is InChI=1S/C7H4N3.H2O4S/c8-5-6-3-1-2-4-7(6)10-9;1-5(2,3)4/h1-4H;(H2,1,2,3,4)/q+1;/p-1. The van der Waals surface area contributed by atoms with Crippen molar-refractivity contribution in [3.8, 4) is 6.07 Å². The first-order valence-corrected chi connectivity index (χ1v) is 4.77. The van der Waals surface area contributed by atoms with E-state index in [0.29, 0.717) is 11.3 Å². The number of nitriles is 1. The fourth-order valence-electron chi connectivity index (χ4n) is 0.655. The summed E-state index contributed by atoms with van der Waals surface area (Å²) in [7, 11) is -4.92. The molecule has 1 rings (SSSR count). The maximum absolute atomic E-state index is 8.63. The second-order valence-corrected chi connectivity index (χ2v) is 3.01. The molecule has 8 heteroatoms. The molecule has 0 saturated carbocycles. The average Bonchev–Trinajstić information content (AvgIpc) is 2.15. The quantitative estimate of drug-likeness (QED) is 0.400. The summed E-state index contributed by atoms with van der Waals surface area (Å²) in [5.41, 5.74) is 0.690. The summed E-state index contributed by atoms with van der Waals surface area (Å²) >= 11 is 0. The molecule has 0 radical (unpaired) electrons. The van der Waals surface area contributed by atoms with E-state index in [4.69, 9.17) is 28.2 Å². The monoisotopic (exact) mass is 227 g/mol. The molecule has 1 aromatic rings. The molecule has 7 nitrogen and oxygen atoms in total. The number of hydrogen-bond donors (Lipinski definition) is 1. The summed E-state index contributed by atoms with van der Waals surface area (Å²) in [6.07, 6.45) is 0. The van der Waals surface area contributed by atoms with E-state index in [-0.39, 0.29) is 0 Å². The predicted octanol–water partition coefficient (Wildman–Crippen LogP) is 1.05. The number of diazo groups is 1. The summed E-state index contributed by atoms with van der Waals surface area (Å²) < 4.78 is 32.8. The molecule has 15 heavy (non-hydrogen) atoms. The van der Waals surface area contributed by atoms with Crippen LogP contribution in [0, 0.1) is 16.7 Å². The highest BCUT2D eigenvalue weighted by molar-refractivity contribution is 7.79. The highest BCUT2D eigenvalue weighted by Crippen LogP contribution is 2.16. The lowest BCUT2D eigenvalue weighted by molar-refractivity contribution is 0.366. The Morgan fingerprint density at radius 3 is 2.20 bits per heavy atom. The lowest BCUT2D eigenvalue weighted by Crippen LogP contribution is -1.90. The molecular formula is C7H5N3O4S. The van der Waals surface area contributed by atoms with E-state index in [0.717, 1.165) is 0 Å². The molecule has 0 amide bonds. The van der Waals surface area contributed by atoms with Crippen molar-refractivity contribution in [2.24, 2.45) is 0 Å². The number of benzene rings is 1. The molecule has 0 spiro atoms. The minimum atomic E-state index is -4.92. The molecule has 0 saturated heterocycles. The summed E-state index contributed by atoms with van der Waals surface area (Å²) in [6.45, 7) is 0. The van der Waals surface area contributed by atoms with Gasteiger partial charge in [-0.15, -0.1) is 0 Å². The van der Waals surface area contributed by atoms with E-state index < -0.39 is 10.4 Å². The van der Waals surface area contributed by atoms with E-state index in [1.54, 1.807) is 24.3 Å². The first-order chi connectivity index (χ1) is 6.88. The largest absolute Gasteiger partial charge is 0.726 e. The Hall–Kier alpha value is -2.00. The second kappa shape index (κ2) is 5.67. The van der Waals surface area contributed by atoms with Gasteiger partial charge in [0.1, 0.15) is 11.6 Å². The van der Waals surface area contributed by atoms with Crippen molar-refractivity contribution in [3.63, 3.8) is 0 Å². The second-order valence-electron chi connectivity index (χ2n) is 2.16. The number of hydrogen-bond acceptors (Lipinski definition) is 5. The molecule has 0 aliphatic carbocycles. The van der Waals surface area contributed by atoms with Gasteiger partial charge in [0.25, 0.3) is 0 Å². The van der Waals surface area contributed by atoms with Gasteiger partial charge in [-0.25, -0.2) is 8.42 Å². The maximum Gasteiger partial charge on any atom is 0.402 e. The summed E-state index contributed by atoms with van der Waals surface area (Å²) in [5.74, 6) is 0. The van der Waals surface area contributed by atoms with Crippen LogP contribution in [0.5, 0.6) is 0 Å². The van der Waals surface area contributed by atoms with Crippen molar-refractivity contribution in [2.75, 3.05) is 0 Å². The molecular weight excluding hydrogens is 222 g/mol. The Labute approximate surface area is 85.8 Å². The van der Waals surface area contributed by atoms with Crippen LogP contribution in [0.4, 0.5) is 5.69 Å². The van der Waals surface area contributed by atoms with E-state index in [9.17, 15) is 0 Å². The van der Waals surface area contributed by atoms with Gasteiger partial charge in [-0.05, 0) is 6.07 Å². The van der Waals surface area contributed by atoms with Gasteiger partial charge in [-0.2, -0.15) is 5.26 Å². The van der Waals surface area contributed by atoms with Crippen molar-refractivity contribution in [2.45, 2.75) is 0 Å². The van der Waals surface area contributed by atoms with Crippen molar-refractivity contribution in [1.29, 1.82) is 10.7 Å². The lowest BCUT2D eigenvalue weighted by atomic mass is 10.2. The van der Waals surface area contributed by atoms with Crippen molar-refractivity contribution >= 4 is 16.1 Å². The first-order valence-electron chi connectivity index (χ1n) is 3.41. The number of nitrogens with zero attached hydrogens (tertiary/aromatic N) is 3. The fraction of sp³-hybridized carbons (Fsp3) is 0. The van der Waals surface area contributed by atoms with Gasteiger partial charge >= 0.3 is 5.69 Å². The first kappa shape index (κ1) is 13.0. The smallest absolute Gasteiger partial charge is 0.402 e. The summed E-state index contributed by atoms with van der Waals surface area (Å²) in [6, 6.07) is 8.47. The third kappa shape index (κ3) is 7.10. The molecule has 0 atom stereocenters. The van der Waals surface area contributed by atoms with Crippen LogP contribution in [0.3, 0.4) is 0 Å². The molecule has 0 bridgehead atoms. The van der Waals surface area contributed by atoms with E-state index in [1.165, 1.54) is 0 Å². The molecule has 0 fully saturated rings. The normalized spacial score (nSPS) is 9.07. The molecule has 0 unspecified atom stereocenters. The average molecular weight is 227 g/mol. The van der Waals surface area contributed by atoms with Gasteiger partial charge in [0.05, 0.1) is 0 Å². The highest BCUT2D eigenvalue weighted by atomic mass is 32.3. The van der Waals surface area contributed by atoms with Crippen LogP contribution in [0.1, 0.15) is 5.56 Å². The number of rotatable bonds is 0. The van der Waals surface area contributed by atoms with Crippen LogP contribution in [0.2, 0.25) is 0 Å². The Morgan fingerprint density at radius 1 is 1.40 bits per heavy atom. The Balaban J connectivity index is 0.000000336. The van der Waals surface area contributed by atoms with Crippen molar-refractivity contribution in [3.05, 3.63) is 34.8 Å². The van der Waals surface area contributed by atoms with Gasteiger partial charge in [0.2, 0.25) is 15.8 Å². The molecule has 0 aliphatic heterocycles. The molecule has 1 aromatic carbocycles. The molecule has 0 aliphatic rings. The van der Waals surface area contributed by atoms with Crippen LogP contribution in [0.25, 0.3) is 4.98 Å². The van der Waals surface area contributed by atoms with Crippen molar-refractivity contribution in [1.82, 2.24) is 0 Å². The molecule has 0 heterocycles. The predicted molar refractivity (Wildman–Crippen MR) is 48.2 cm³/mol. The Morgan fingerprint density at radius 2 is 1.87 bits per heavy atom. The van der Waals surface area contributed by atoms with Crippen LogP contribution in [-0.2, 0) is 10.4 Å². The summed E-state index contributed by atoms with van der Waals surface area (Å²) in [5, 5.41) is 16.8. The van der Waals surface area contributed by atoms with E-state index in [2.05, 4.69) is 4.98 Å². The molecule has 0 aromatic heterocycles. The minimum Gasteiger partial charge on any atom is -0.726 e. The van der Waals surface area contributed by atoms with Crippen LogP contribution >= 0.6 is 0 Å². The van der Waals surface area contributed by atoms with Crippen LogP contribution in [0.15, 0.2) is 24.3 Å². The molecule has 78 valence electrons. The van der Waals surface area contributed by atoms with E-state index >= 15 is 0 Å². The zero-order chi connectivity index (χ0) is 11.9. The van der Waals surface area contributed by atoms with Crippen LogP contribution < -0.4 is 0 Å². The third-order valence-electron chi connectivity index (χ3n) is 1.13. The fourth-order valence-corrected chi connectivity index (χ4v) is 0.655. The van der Waals surface area contributed by atoms with Crippen molar-refractivity contribution < 1.29 is 17.5 Å². The Kier molecular flexibility index (Phi) is 4.92. The van der Waals surface area contributed by atoms with E-state index in [1.807, 2.05) is 6.07 Å². The van der Waals surface area contributed by atoms with Gasteiger partial charge in [0, 0.05) is 6.07 Å². The zero-order valence-electron chi connectivity index (χ0n) is 7.23. The third-order valence-corrected chi connectivity index (χ3v) is 1.13. The van der Waals surface area contributed by atoms with Gasteiger partial charge in [0.15, 0.2) is 4.98 Å². The maximum atomic E-state index is 8.63. The molecule has 1 N–H and O–H groups in total.